The minimum atomic E-state index is -3.68. The van der Waals surface area contributed by atoms with Crippen molar-refractivity contribution in [1.29, 1.82) is 0 Å². The van der Waals surface area contributed by atoms with E-state index in [0.717, 1.165) is 11.1 Å². The molecule has 2 aromatic carbocycles. The van der Waals surface area contributed by atoms with E-state index in [2.05, 4.69) is 10.0 Å². The molecule has 5 nitrogen and oxygen atoms in total. The van der Waals surface area contributed by atoms with E-state index in [1.54, 1.807) is 32.9 Å². The van der Waals surface area contributed by atoms with Crippen LogP contribution in [0.5, 0.6) is 0 Å². The molecule has 0 aliphatic heterocycles. The van der Waals surface area contributed by atoms with E-state index in [0.29, 0.717) is 12.1 Å². The summed E-state index contributed by atoms with van der Waals surface area (Å²) in [6.45, 7) is 7.68. The van der Waals surface area contributed by atoms with Crippen LogP contribution in [0.15, 0.2) is 53.4 Å². The van der Waals surface area contributed by atoms with Gasteiger partial charge in [-0.15, -0.1) is 0 Å². The summed E-state index contributed by atoms with van der Waals surface area (Å²) < 4.78 is 27.4. The van der Waals surface area contributed by atoms with Crippen LogP contribution in [0, 0.1) is 6.92 Å². The fourth-order valence-corrected chi connectivity index (χ4v) is 3.72. The molecular weight excluding hydrogens is 336 g/mol. The van der Waals surface area contributed by atoms with Gasteiger partial charge in [0.1, 0.15) is 0 Å². The zero-order valence-electron chi connectivity index (χ0n) is 15.0. The average Bonchev–Trinajstić information content (AvgIpc) is 2.52. The second-order valence-corrected chi connectivity index (χ2v) is 8.73. The van der Waals surface area contributed by atoms with Crippen LogP contribution in [-0.2, 0) is 16.6 Å². The van der Waals surface area contributed by atoms with E-state index < -0.39 is 15.6 Å². The largest absolute Gasteiger partial charge is 0.348 e. The highest BCUT2D eigenvalue weighted by Crippen LogP contribution is 2.15. The molecule has 0 unspecified atom stereocenters. The first-order chi connectivity index (χ1) is 11.6. The number of aryl methyl sites for hydroxylation is 1. The second kappa shape index (κ2) is 7.37. The summed E-state index contributed by atoms with van der Waals surface area (Å²) in [6, 6.07) is 13.9. The molecule has 0 saturated carbocycles. The molecule has 134 valence electrons. The first-order valence-corrected chi connectivity index (χ1v) is 9.53. The van der Waals surface area contributed by atoms with Gasteiger partial charge in [0.25, 0.3) is 5.91 Å². The average molecular weight is 360 g/mol. The van der Waals surface area contributed by atoms with Gasteiger partial charge in [0.15, 0.2) is 0 Å². The van der Waals surface area contributed by atoms with E-state index in [1.807, 2.05) is 31.2 Å². The number of benzene rings is 2. The first kappa shape index (κ1) is 19.1. The van der Waals surface area contributed by atoms with Crippen LogP contribution in [0.1, 0.15) is 42.3 Å². The molecule has 0 radical (unpaired) electrons. The Bertz CT molecular complexity index is 851. The summed E-state index contributed by atoms with van der Waals surface area (Å²) in [4.78, 5) is 12.4. The molecule has 0 bridgehead atoms. The summed E-state index contributed by atoms with van der Waals surface area (Å²) in [6.07, 6.45) is 0. The van der Waals surface area contributed by atoms with Gasteiger partial charge >= 0.3 is 0 Å². The molecule has 0 fully saturated rings. The van der Waals surface area contributed by atoms with Gasteiger partial charge in [-0.1, -0.05) is 35.9 Å². The van der Waals surface area contributed by atoms with Crippen molar-refractivity contribution in [2.45, 2.75) is 44.7 Å². The lowest BCUT2D eigenvalue weighted by molar-refractivity contribution is 0.0950. The quantitative estimate of drug-likeness (QED) is 0.861. The van der Waals surface area contributed by atoms with Crippen molar-refractivity contribution in [2.75, 3.05) is 0 Å². The van der Waals surface area contributed by atoms with E-state index in [-0.39, 0.29) is 10.8 Å². The summed E-state index contributed by atoms with van der Waals surface area (Å²) >= 11 is 0. The third-order valence-electron chi connectivity index (χ3n) is 3.42. The number of amides is 1. The standard InChI is InChI=1S/C19H24N2O3S/c1-14-8-10-15(11-9-14)13-20-18(22)16-6-5-7-17(12-16)25(23,24)21-19(2,3)4/h5-12,21H,13H2,1-4H3,(H,20,22). The Hall–Kier alpha value is -2.18. The maximum atomic E-state index is 12.4. The van der Waals surface area contributed by atoms with Gasteiger partial charge < -0.3 is 5.32 Å². The number of hydrogen-bond acceptors (Lipinski definition) is 3. The summed E-state index contributed by atoms with van der Waals surface area (Å²) in [7, 11) is -3.68. The molecule has 0 atom stereocenters. The number of hydrogen-bond donors (Lipinski definition) is 2. The predicted octanol–water partition coefficient (Wildman–Crippen LogP) is 3.00. The Morgan fingerprint density at radius 2 is 1.68 bits per heavy atom. The minimum Gasteiger partial charge on any atom is -0.348 e. The third-order valence-corrected chi connectivity index (χ3v) is 5.18. The Balaban J connectivity index is 2.12. The predicted molar refractivity (Wildman–Crippen MR) is 98.9 cm³/mol. The SMILES string of the molecule is Cc1ccc(CNC(=O)c2cccc(S(=O)(=O)NC(C)(C)C)c2)cc1. The molecule has 6 heteroatoms. The first-order valence-electron chi connectivity index (χ1n) is 8.05. The van der Waals surface area contributed by atoms with Crippen LogP contribution in [0.3, 0.4) is 0 Å². The molecule has 2 rings (SSSR count). The maximum absolute atomic E-state index is 12.4. The molecule has 2 aromatic rings. The lowest BCUT2D eigenvalue weighted by atomic mass is 10.1. The maximum Gasteiger partial charge on any atom is 0.251 e. The minimum absolute atomic E-state index is 0.0745. The number of carbonyl (C=O) groups is 1. The van der Waals surface area contributed by atoms with E-state index in [9.17, 15) is 13.2 Å². The monoisotopic (exact) mass is 360 g/mol. The Morgan fingerprint density at radius 1 is 1.04 bits per heavy atom. The lowest BCUT2D eigenvalue weighted by Crippen LogP contribution is -2.40. The van der Waals surface area contributed by atoms with Crippen molar-refractivity contribution in [2.24, 2.45) is 0 Å². The summed E-state index contributed by atoms with van der Waals surface area (Å²) in [5, 5.41) is 2.81. The highest BCUT2D eigenvalue weighted by molar-refractivity contribution is 7.89. The highest BCUT2D eigenvalue weighted by Gasteiger charge is 2.22. The van der Waals surface area contributed by atoms with Crippen LogP contribution >= 0.6 is 0 Å². The molecule has 2 N–H and O–H groups in total. The topological polar surface area (TPSA) is 75.3 Å². The zero-order valence-corrected chi connectivity index (χ0v) is 15.8. The molecule has 0 spiro atoms. The van der Waals surface area contributed by atoms with Gasteiger partial charge in [-0.05, 0) is 51.5 Å². The Labute approximate surface area is 149 Å². The van der Waals surface area contributed by atoms with Crippen molar-refractivity contribution in [1.82, 2.24) is 10.0 Å². The van der Waals surface area contributed by atoms with Gasteiger partial charge in [-0.2, -0.15) is 0 Å². The van der Waals surface area contributed by atoms with E-state index in [4.69, 9.17) is 0 Å². The smallest absolute Gasteiger partial charge is 0.251 e. The van der Waals surface area contributed by atoms with Crippen molar-refractivity contribution in [3.05, 3.63) is 65.2 Å². The molecule has 0 aliphatic rings. The Kier molecular flexibility index (Phi) is 5.65. The fourth-order valence-electron chi connectivity index (χ4n) is 2.26. The van der Waals surface area contributed by atoms with Gasteiger partial charge in [-0.25, -0.2) is 13.1 Å². The normalized spacial score (nSPS) is 12.0. The van der Waals surface area contributed by atoms with Gasteiger partial charge in [0.05, 0.1) is 4.90 Å². The van der Waals surface area contributed by atoms with Crippen molar-refractivity contribution in [3.63, 3.8) is 0 Å². The number of rotatable bonds is 5. The summed E-state index contributed by atoms with van der Waals surface area (Å²) in [5.74, 6) is -0.312. The number of sulfonamides is 1. The van der Waals surface area contributed by atoms with Gasteiger partial charge in [-0.3, -0.25) is 4.79 Å². The van der Waals surface area contributed by atoms with Crippen molar-refractivity contribution >= 4 is 15.9 Å². The Morgan fingerprint density at radius 3 is 2.28 bits per heavy atom. The van der Waals surface area contributed by atoms with Crippen LogP contribution in [0.2, 0.25) is 0 Å². The van der Waals surface area contributed by atoms with E-state index in [1.165, 1.54) is 12.1 Å². The van der Waals surface area contributed by atoms with Crippen LogP contribution in [0.25, 0.3) is 0 Å². The number of carbonyl (C=O) groups excluding carboxylic acids is 1. The zero-order chi connectivity index (χ0) is 18.7. The van der Waals surface area contributed by atoms with Gasteiger partial charge in [0, 0.05) is 17.6 Å². The van der Waals surface area contributed by atoms with Gasteiger partial charge in [0.2, 0.25) is 10.0 Å². The summed E-state index contributed by atoms with van der Waals surface area (Å²) in [5.41, 5.74) is 1.85. The molecular formula is C19H24N2O3S. The molecule has 0 aliphatic carbocycles. The molecule has 0 saturated heterocycles. The molecule has 0 heterocycles. The fraction of sp³-hybridized carbons (Fsp3) is 0.316. The van der Waals surface area contributed by atoms with Crippen LogP contribution in [0.4, 0.5) is 0 Å². The lowest BCUT2D eigenvalue weighted by Gasteiger charge is -2.20. The third kappa shape index (κ3) is 5.69. The van der Waals surface area contributed by atoms with Crippen LogP contribution in [-0.4, -0.2) is 19.9 Å². The van der Waals surface area contributed by atoms with Crippen molar-refractivity contribution in [3.8, 4) is 0 Å². The molecule has 0 aromatic heterocycles. The second-order valence-electron chi connectivity index (χ2n) is 7.05. The molecule has 25 heavy (non-hydrogen) atoms. The van der Waals surface area contributed by atoms with Crippen molar-refractivity contribution < 1.29 is 13.2 Å². The number of nitrogens with one attached hydrogen (secondary N) is 2. The van der Waals surface area contributed by atoms with E-state index >= 15 is 0 Å². The van der Waals surface area contributed by atoms with Crippen LogP contribution < -0.4 is 10.0 Å². The molecule has 1 amide bonds. The highest BCUT2D eigenvalue weighted by atomic mass is 32.2.